The third-order valence-electron chi connectivity index (χ3n) is 5.12. The largest absolute Gasteiger partial charge is 0.550 e. The Morgan fingerprint density at radius 2 is 1.56 bits per heavy atom. The van der Waals surface area contributed by atoms with E-state index in [2.05, 4.69) is 5.32 Å². The van der Waals surface area contributed by atoms with Gasteiger partial charge in [0.05, 0.1) is 18.1 Å². The predicted molar refractivity (Wildman–Crippen MR) is 90.4 cm³/mol. The Labute approximate surface area is 145 Å². The maximum absolute atomic E-state index is 12.8. The van der Waals surface area contributed by atoms with Crippen LogP contribution in [0.1, 0.15) is 12.8 Å². The zero-order chi connectivity index (χ0) is 17.4. The highest BCUT2D eigenvalue weighted by Gasteiger charge is 2.52. The van der Waals surface area contributed by atoms with Crippen LogP contribution in [0.3, 0.4) is 0 Å². The Kier molecular flexibility index (Phi) is 4.01. The summed E-state index contributed by atoms with van der Waals surface area (Å²) in [5.74, 6) is -3.09. The number of ether oxygens (including phenoxy) is 1. The van der Waals surface area contributed by atoms with Crippen LogP contribution in [0.25, 0.3) is 11.1 Å². The van der Waals surface area contributed by atoms with Crippen molar-refractivity contribution < 1.29 is 19.4 Å². The van der Waals surface area contributed by atoms with Crippen molar-refractivity contribution in [1.29, 1.82) is 0 Å². The summed E-state index contributed by atoms with van der Waals surface area (Å²) in [6.07, 6.45) is 0.646. The molecule has 2 aliphatic rings. The molecular formula is C20H18NO4-. The van der Waals surface area contributed by atoms with Crippen LogP contribution in [0.15, 0.2) is 54.6 Å². The molecule has 4 atom stereocenters. The zero-order valence-electron chi connectivity index (χ0n) is 13.6. The van der Waals surface area contributed by atoms with E-state index in [-0.39, 0.29) is 12.0 Å². The number of carbonyl (C=O) groups is 2. The fourth-order valence-electron chi connectivity index (χ4n) is 3.99. The average Bonchev–Trinajstić information content (AvgIpc) is 3.24. The van der Waals surface area contributed by atoms with Gasteiger partial charge in [0, 0.05) is 23.1 Å². The minimum atomic E-state index is -1.20. The molecule has 2 heterocycles. The summed E-state index contributed by atoms with van der Waals surface area (Å²) in [7, 11) is 0. The first-order chi connectivity index (χ1) is 12.1. The Bertz CT molecular complexity index is 804. The molecule has 2 fully saturated rings. The lowest BCUT2D eigenvalue weighted by Crippen LogP contribution is -2.46. The molecule has 1 N–H and O–H groups in total. The Hall–Kier alpha value is -2.66. The fraction of sp³-hybridized carbons (Fsp3) is 0.300. The molecule has 0 saturated carbocycles. The van der Waals surface area contributed by atoms with Crippen LogP contribution in [0.5, 0.6) is 0 Å². The molecule has 0 radical (unpaired) electrons. The lowest BCUT2D eigenvalue weighted by molar-refractivity contribution is -0.313. The van der Waals surface area contributed by atoms with Crippen molar-refractivity contribution in [2.75, 3.05) is 5.32 Å². The molecule has 5 nitrogen and oxygen atoms in total. The molecule has 25 heavy (non-hydrogen) atoms. The molecule has 128 valence electrons. The van der Waals surface area contributed by atoms with E-state index >= 15 is 0 Å². The topological polar surface area (TPSA) is 78.5 Å². The number of benzene rings is 2. The lowest BCUT2D eigenvalue weighted by atomic mass is 9.78. The highest BCUT2D eigenvalue weighted by molar-refractivity contribution is 5.99. The van der Waals surface area contributed by atoms with Crippen molar-refractivity contribution in [1.82, 2.24) is 0 Å². The van der Waals surface area contributed by atoms with E-state index in [1.54, 1.807) is 0 Å². The van der Waals surface area contributed by atoms with E-state index in [0.29, 0.717) is 18.5 Å². The number of carboxylic acids is 1. The van der Waals surface area contributed by atoms with Gasteiger partial charge in [-0.3, -0.25) is 4.79 Å². The van der Waals surface area contributed by atoms with Gasteiger partial charge in [0.1, 0.15) is 0 Å². The number of para-hydroxylation sites is 1. The molecule has 4 rings (SSSR count). The van der Waals surface area contributed by atoms with Crippen molar-refractivity contribution >= 4 is 17.6 Å². The van der Waals surface area contributed by atoms with Crippen molar-refractivity contribution in [2.24, 2.45) is 11.8 Å². The van der Waals surface area contributed by atoms with E-state index in [1.807, 2.05) is 54.6 Å². The number of nitrogens with one attached hydrogen (secondary N) is 1. The van der Waals surface area contributed by atoms with Crippen LogP contribution in [-0.2, 0) is 14.3 Å². The number of hydrogen-bond acceptors (Lipinski definition) is 4. The third kappa shape index (κ3) is 2.81. The van der Waals surface area contributed by atoms with Crippen molar-refractivity contribution in [3.05, 3.63) is 54.6 Å². The van der Waals surface area contributed by atoms with E-state index in [1.165, 1.54) is 0 Å². The molecule has 2 bridgehead atoms. The van der Waals surface area contributed by atoms with Gasteiger partial charge in [0.25, 0.3) is 0 Å². The van der Waals surface area contributed by atoms with Gasteiger partial charge in [-0.1, -0.05) is 48.5 Å². The van der Waals surface area contributed by atoms with Crippen molar-refractivity contribution in [3.63, 3.8) is 0 Å². The van der Waals surface area contributed by atoms with Gasteiger partial charge in [-0.2, -0.15) is 0 Å². The second-order valence-electron chi connectivity index (χ2n) is 6.56. The lowest BCUT2D eigenvalue weighted by Gasteiger charge is -2.28. The van der Waals surface area contributed by atoms with Gasteiger partial charge in [-0.15, -0.1) is 0 Å². The summed E-state index contributed by atoms with van der Waals surface area (Å²) in [6.45, 7) is 0. The predicted octanol–water partition coefficient (Wildman–Crippen LogP) is 1.84. The number of fused-ring (bicyclic) bond motifs is 2. The molecule has 2 aliphatic heterocycles. The molecule has 0 unspecified atom stereocenters. The van der Waals surface area contributed by atoms with Crippen LogP contribution in [0.4, 0.5) is 5.69 Å². The first-order valence-corrected chi connectivity index (χ1v) is 8.47. The van der Waals surface area contributed by atoms with Gasteiger partial charge in [-0.25, -0.2) is 0 Å². The first kappa shape index (κ1) is 15.8. The highest BCUT2D eigenvalue weighted by atomic mass is 16.5. The number of rotatable bonds is 4. The normalized spacial score (nSPS) is 27.2. The number of carboxylic acid groups (broad SMARTS) is 1. The van der Waals surface area contributed by atoms with Crippen molar-refractivity contribution in [3.8, 4) is 11.1 Å². The zero-order valence-corrected chi connectivity index (χ0v) is 13.6. The summed E-state index contributed by atoms with van der Waals surface area (Å²) in [6, 6.07) is 17.2. The summed E-state index contributed by atoms with van der Waals surface area (Å²) >= 11 is 0. The van der Waals surface area contributed by atoms with Crippen LogP contribution in [-0.4, -0.2) is 24.1 Å². The van der Waals surface area contributed by atoms with E-state index < -0.39 is 23.9 Å². The molecule has 0 aromatic heterocycles. The molecule has 2 saturated heterocycles. The number of amides is 1. The van der Waals surface area contributed by atoms with Crippen LogP contribution < -0.4 is 10.4 Å². The van der Waals surface area contributed by atoms with Crippen LogP contribution in [0.2, 0.25) is 0 Å². The number of aliphatic carboxylic acids is 1. The molecule has 2 aromatic rings. The SMILES string of the molecule is O=C(Nc1ccccc1-c1ccccc1)[C@@H]1[C@@H](C(=O)[O-])[C@H]2CC[C@@H]1O2. The quantitative estimate of drug-likeness (QED) is 0.924. The maximum Gasteiger partial charge on any atom is 0.230 e. The third-order valence-corrected chi connectivity index (χ3v) is 5.12. The number of carbonyl (C=O) groups excluding carboxylic acids is 2. The minimum absolute atomic E-state index is 0.315. The molecule has 2 aromatic carbocycles. The summed E-state index contributed by atoms with van der Waals surface area (Å²) in [5.41, 5.74) is 2.54. The van der Waals surface area contributed by atoms with Gasteiger partial charge >= 0.3 is 0 Å². The summed E-state index contributed by atoms with van der Waals surface area (Å²) in [5, 5.41) is 14.4. The van der Waals surface area contributed by atoms with Gasteiger partial charge in [0.2, 0.25) is 5.91 Å². The molecular weight excluding hydrogens is 318 g/mol. The number of anilines is 1. The fourth-order valence-corrected chi connectivity index (χ4v) is 3.99. The van der Waals surface area contributed by atoms with Crippen LogP contribution >= 0.6 is 0 Å². The van der Waals surface area contributed by atoms with Gasteiger partial charge < -0.3 is 20.0 Å². The first-order valence-electron chi connectivity index (χ1n) is 8.47. The van der Waals surface area contributed by atoms with Gasteiger partial charge in [0.15, 0.2) is 0 Å². The van der Waals surface area contributed by atoms with Crippen LogP contribution in [0, 0.1) is 11.8 Å². The Morgan fingerprint density at radius 3 is 2.28 bits per heavy atom. The van der Waals surface area contributed by atoms with Gasteiger partial charge in [-0.05, 0) is 24.5 Å². The smallest absolute Gasteiger partial charge is 0.230 e. The minimum Gasteiger partial charge on any atom is -0.550 e. The second-order valence-corrected chi connectivity index (χ2v) is 6.56. The molecule has 0 spiro atoms. The van der Waals surface area contributed by atoms with E-state index in [4.69, 9.17) is 4.74 Å². The number of hydrogen-bond donors (Lipinski definition) is 1. The standard InChI is InChI=1S/C20H19NO4/c22-19(17-15-10-11-16(25-15)18(17)20(23)24)21-14-9-5-4-8-13(14)12-6-2-1-3-7-12/h1-9,15-18H,10-11H2,(H,21,22)(H,23,24)/p-1/t15-,16+,17-,18-/m0/s1. The molecule has 1 amide bonds. The Morgan fingerprint density at radius 1 is 0.920 bits per heavy atom. The highest BCUT2D eigenvalue weighted by Crippen LogP contribution is 2.44. The summed E-state index contributed by atoms with van der Waals surface area (Å²) in [4.78, 5) is 24.3. The second kappa shape index (κ2) is 6.33. The van der Waals surface area contributed by atoms with E-state index in [9.17, 15) is 14.7 Å². The summed E-state index contributed by atoms with van der Waals surface area (Å²) < 4.78 is 5.65. The van der Waals surface area contributed by atoms with Crippen molar-refractivity contribution in [2.45, 2.75) is 25.0 Å². The average molecular weight is 336 g/mol. The Balaban J connectivity index is 1.61. The molecule has 5 heteroatoms. The monoisotopic (exact) mass is 336 g/mol. The van der Waals surface area contributed by atoms with E-state index in [0.717, 1.165) is 11.1 Å². The molecule has 0 aliphatic carbocycles. The maximum atomic E-state index is 12.8.